The van der Waals surface area contributed by atoms with Crippen LogP contribution in [0.25, 0.3) is 0 Å². The van der Waals surface area contributed by atoms with Gasteiger partial charge in [-0.2, -0.15) is 0 Å². The summed E-state index contributed by atoms with van der Waals surface area (Å²) in [6.07, 6.45) is 1.73. The lowest BCUT2D eigenvalue weighted by Gasteiger charge is -2.17. The molecule has 1 aromatic heterocycles. The van der Waals surface area contributed by atoms with Gasteiger partial charge in [-0.05, 0) is 13.3 Å². The molecule has 1 heterocycles. The van der Waals surface area contributed by atoms with E-state index in [9.17, 15) is 13.2 Å². The second-order valence-corrected chi connectivity index (χ2v) is 7.34. The number of carbonyl (C=O) groups is 1. The van der Waals surface area contributed by atoms with Crippen LogP contribution in [0.5, 0.6) is 0 Å². The number of sulfonamides is 1. The van der Waals surface area contributed by atoms with Gasteiger partial charge in [-0.1, -0.05) is 18.3 Å². The van der Waals surface area contributed by atoms with Crippen LogP contribution < -0.4 is 11.1 Å². The van der Waals surface area contributed by atoms with Crippen LogP contribution in [0.15, 0.2) is 0 Å². The minimum Gasteiger partial charge on any atom is -0.375 e. The van der Waals surface area contributed by atoms with Gasteiger partial charge >= 0.3 is 0 Å². The van der Waals surface area contributed by atoms with Gasteiger partial charge in [-0.3, -0.25) is 4.79 Å². The lowest BCUT2D eigenvalue weighted by molar-refractivity contribution is 0.0956. The number of rotatable bonds is 7. The zero-order valence-electron chi connectivity index (χ0n) is 11.8. The summed E-state index contributed by atoms with van der Waals surface area (Å²) in [4.78, 5) is 16.3. The Morgan fingerprint density at radius 3 is 2.60 bits per heavy atom. The molecular formula is C11H20N4O3S2. The van der Waals surface area contributed by atoms with Crippen molar-refractivity contribution in [2.24, 2.45) is 0 Å². The van der Waals surface area contributed by atoms with E-state index in [0.717, 1.165) is 11.3 Å². The van der Waals surface area contributed by atoms with Crippen molar-refractivity contribution in [1.82, 2.24) is 14.6 Å². The number of carbonyl (C=O) groups excluding carboxylic acids is 1. The molecular weight excluding hydrogens is 300 g/mol. The summed E-state index contributed by atoms with van der Waals surface area (Å²) in [5.74, 6) is -0.223. The summed E-state index contributed by atoms with van der Waals surface area (Å²) in [5, 5.41) is 3.10. The third-order valence-electron chi connectivity index (χ3n) is 2.71. The standard InChI is InChI=1S/C11H20N4O3S2/c1-4-15(20(3,17)18)7-5-6-13-10(16)9-8(2)14-11(12)19-9/h4-7H2,1-3H3,(H2,12,14)(H,13,16). The Bertz CT molecular complexity index is 568. The molecule has 0 saturated heterocycles. The van der Waals surface area contributed by atoms with E-state index in [4.69, 9.17) is 5.73 Å². The Kier molecular flexibility index (Phi) is 5.90. The van der Waals surface area contributed by atoms with Crippen molar-refractivity contribution < 1.29 is 13.2 Å². The SMILES string of the molecule is CCN(CCCNC(=O)c1sc(N)nc1C)S(C)(=O)=O. The number of nitrogens with one attached hydrogen (secondary N) is 1. The molecule has 1 amide bonds. The van der Waals surface area contributed by atoms with Crippen molar-refractivity contribution in [2.45, 2.75) is 20.3 Å². The highest BCUT2D eigenvalue weighted by Crippen LogP contribution is 2.19. The third kappa shape index (κ3) is 4.73. The normalized spacial score (nSPS) is 11.8. The van der Waals surface area contributed by atoms with Gasteiger partial charge in [-0.25, -0.2) is 17.7 Å². The fourth-order valence-corrected chi connectivity index (χ4v) is 3.40. The lowest BCUT2D eigenvalue weighted by atomic mass is 10.3. The highest BCUT2D eigenvalue weighted by molar-refractivity contribution is 7.88. The van der Waals surface area contributed by atoms with Crippen LogP contribution in [-0.2, 0) is 10.0 Å². The fourth-order valence-electron chi connectivity index (χ4n) is 1.72. The van der Waals surface area contributed by atoms with Crippen LogP contribution in [0.4, 0.5) is 5.13 Å². The number of hydrogen-bond acceptors (Lipinski definition) is 6. The smallest absolute Gasteiger partial charge is 0.263 e. The maximum Gasteiger partial charge on any atom is 0.263 e. The summed E-state index contributed by atoms with van der Waals surface area (Å²) in [6.45, 7) is 4.73. The predicted octanol–water partition coefficient (Wildman–Crippen LogP) is 0.435. The average Bonchev–Trinajstić information content (AvgIpc) is 2.66. The molecule has 0 aliphatic heterocycles. The maximum absolute atomic E-state index is 11.9. The molecule has 9 heteroatoms. The molecule has 114 valence electrons. The summed E-state index contributed by atoms with van der Waals surface area (Å²) in [6, 6.07) is 0. The molecule has 0 aliphatic rings. The van der Waals surface area contributed by atoms with Gasteiger partial charge in [-0.15, -0.1) is 0 Å². The minimum atomic E-state index is -3.18. The van der Waals surface area contributed by atoms with Gasteiger partial charge < -0.3 is 11.1 Å². The number of nitrogens with two attached hydrogens (primary N) is 1. The van der Waals surface area contributed by atoms with E-state index in [0.29, 0.717) is 41.8 Å². The van der Waals surface area contributed by atoms with Gasteiger partial charge in [0.2, 0.25) is 10.0 Å². The van der Waals surface area contributed by atoms with Crippen LogP contribution >= 0.6 is 11.3 Å². The summed E-state index contributed by atoms with van der Waals surface area (Å²) in [5.41, 5.74) is 6.14. The molecule has 0 atom stereocenters. The Morgan fingerprint density at radius 1 is 1.50 bits per heavy atom. The Labute approximate surface area is 123 Å². The molecule has 3 N–H and O–H groups in total. The van der Waals surface area contributed by atoms with Crippen LogP contribution in [0.1, 0.15) is 28.7 Å². The number of nitrogens with zero attached hydrogens (tertiary/aromatic N) is 2. The van der Waals surface area contributed by atoms with Crippen molar-refractivity contribution in [1.29, 1.82) is 0 Å². The first-order chi connectivity index (χ1) is 9.25. The summed E-state index contributed by atoms with van der Waals surface area (Å²) in [7, 11) is -3.18. The number of amides is 1. The molecule has 0 fully saturated rings. The maximum atomic E-state index is 11.9. The molecule has 7 nitrogen and oxygen atoms in total. The second kappa shape index (κ2) is 7.00. The average molecular weight is 320 g/mol. The topological polar surface area (TPSA) is 105 Å². The van der Waals surface area contributed by atoms with Gasteiger partial charge in [0.05, 0.1) is 11.9 Å². The molecule has 0 saturated carbocycles. The van der Waals surface area contributed by atoms with Gasteiger partial charge in [0, 0.05) is 19.6 Å². The van der Waals surface area contributed by atoms with E-state index in [1.165, 1.54) is 10.6 Å². The first-order valence-electron chi connectivity index (χ1n) is 6.22. The fraction of sp³-hybridized carbons (Fsp3) is 0.636. The van der Waals surface area contributed by atoms with E-state index >= 15 is 0 Å². The predicted molar refractivity (Wildman–Crippen MR) is 80.3 cm³/mol. The van der Waals surface area contributed by atoms with Crippen LogP contribution in [-0.4, -0.2) is 49.5 Å². The number of anilines is 1. The van der Waals surface area contributed by atoms with Crippen molar-refractivity contribution in [2.75, 3.05) is 31.6 Å². The molecule has 0 bridgehead atoms. The van der Waals surface area contributed by atoms with Crippen LogP contribution in [0, 0.1) is 6.92 Å². The first-order valence-corrected chi connectivity index (χ1v) is 8.88. The largest absolute Gasteiger partial charge is 0.375 e. The Morgan fingerprint density at radius 2 is 2.15 bits per heavy atom. The number of nitrogen functional groups attached to an aromatic ring is 1. The number of aromatic nitrogens is 1. The minimum absolute atomic E-state index is 0.223. The zero-order chi connectivity index (χ0) is 15.3. The molecule has 1 aromatic rings. The van der Waals surface area contributed by atoms with Crippen molar-refractivity contribution >= 4 is 32.4 Å². The van der Waals surface area contributed by atoms with Gasteiger partial charge in [0.15, 0.2) is 5.13 Å². The number of hydrogen-bond donors (Lipinski definition) is 2. The highest BCUT2D eigenvalue weighted by atomic mass is 32.2. The van der Waals surface area contributed by atoms with Crippen molar-refractivity contribution in [3.05, 3.63) is 10.6 Å². The van der Waals surface area contributed by atoms with E-state index in [1.54, 1.807) is 13.8 Å². The van der Waals surface area contributed by atoms with Crippen LogP contribution in [0.3, 0.4) is 0 Å². The summed E-state index contributed by atoms with van der Waals surface area (Å²) >= 11 is 1.14. The summed E-state index contributed by atoms with van der Waals surface area (Å²) < 4.78 is 24.1. The Balaban J connectivity index is 2.42. The molecule has 0 spiro atoms. The van der Waals surface area contributed by atoms with E-state index in [2.05, 4.69) is 10.3 Å². The Hall–Kier alpha value is -1.19. The van der Waals surface area contributed by atoms with Crippen molar-refractivity contribution in [3.63, 3.8) is 0 Å². The van der Waals surface area contributed by atoms with Crippen molar-refractivity contribution in [3.8, 4) is 0 Å². The van der Waals surface area contributed by atoms with Gasteiger partial charge in [0.25, 0.3) is 5.91 Å². The quantitative estimate of drug-likeness (QED) is 0.709. The van der Waals surface area contributed by atoms with E-state index in [-0.39, 0.29) is 5.91 Å². The lowest BCUT2D eigenvalue weighted by Crippen LogP contribution is -2.33. The zero-order valence-corrected chi connectivity index (χ0v) is 13.5. The van der Waals surface area contributed by atoms with Gasteiger partial charge in [0.1, 0.15) is 4.88 Å². The van der Waals surface area contributed by atoms with Crippen LogP contribution in [0.2, 0.25) is 0 Å². The number of thiazole rings is 1. The molecule has 0 unspecified atom stereocenters. The molecule has 0 aliphatic carbocycles. The highest BCUT2D eigenvalue weighted by Gasteiger charge is 2.15. The second-order valence-electron chi connectivity index (χ2n) is 4.33. The monoisotopic (exact) mass is 320 g/mol. The van der Waals surface area contributed by atoms with E-state index in [1.807, 2.05) is 0 Å². The molecule has 1 rings (SSSR count). The first kappa shape index (κ1) is 16.9. The molecule has 20 heavy (non-hydrogen) atoms. The third-order valence-corrected chi connectivity index (χ3v) is 5.08. The molecule has 0 radical (unpaired) electrons. The van der Waals surface area contributed by atoms with E-state index < -0.39 is 10.0 Å². The molecule has 0 aromatic carbocycles. The number of aryl methyl sites for hydroxylation is 1.